The number of hydrogen-bond acceptors (Lipinski definition) is 4. The van der Waals surface area contributed by atoms with E-state index < -0.39 is 0 Å². The Morgan fingerprint density at radius 3 is 2.63 bits per heavy atom. The van der Waals surface area contributed by atoms with Crippen molar-refractivity contribution in [2.24, 2.45) is 0 Å². The molecule has 0 radical (unpaired) electrons. The normalized spacial score (nSPS) is 11.7. The van der Waals surface area contributed by atoms with E-state index in [4.69, 9.17) is 4.74 Å². The van der Waals surface area contributed by atoms with Gasteiger partial charge in [-0.3, -0.25) is 9.59 Å². The van der Waals surface area contributed by atoms with Crippen molar-refractivity contribution in [3.63, 3.8) is 0 Å². The van der Waals surface area contributed by atoms with E-state index in [-0.39, 0.29) is 11.2 Å². The molecule has 0 aliphatic heterocycles. The monoisotopic (exact) mass is 281 g/mol. The SMILES string of the molecule is CCCOc1ccc(CC(SC=O)C(=O)NC)cc1. The number of carbonyl (C=O) groups excluding carboxylic acids is 2. The Labute approximate surface area is 117 Å². The van der Waals surface area contributed by atoms with Crippen molar-refractivity contribution in [3.05, 3.63) is 29.8 Å². The highest BCUT2D eigenvalue weighted by molar-refractivity contribution is 8.13. The van der Waals surface area contributed by atoms with E-state index >= 15 is 0 Å². The van der Waals surface area contributed by atoms with Crippen molar-refractivity contribution >= 4 is 23.3 Å². The molecule has 1 atom stereocenters. The highest BCUT2D eigenvalue weighted by Crippen LogP contribution is 2.18. The van der Waals surface area contributed by atoms with Crippen LogP contribution in [0.15, 0.2) is 24.3 Å². The minimum absolute atomic E-state index is 0.136. The molecule has 1 rings (SSSR count). The summed E-state index contributed by atoms with van der Waals surface area (Å²) in [6.45, 7) is 2.75. The molecule has 0 saturated carbocycles. The lowest BCUT2D eigenvalue weighted by molar-refractivity contribution is -0.120. The maximum Gasteiger partial charge on any atom is 0.233 e. The summed E-state index contributed by atoms with van der Waals surface area (Å²) in [4.78, 5) is 22.2. The van der Waals surface area contributed by atoms with Gasteiger partial charge in [0.15, 0.2) is 5.62 Å². The summed E-state index contributed by atoms with van der Waals surface area (Å²) in [6, 6.07) is 7.62. The average Bonchev–Trinajstić information content (AvgIpc) is 2.45. The van der Waals surface area contributed by atoms with E-state index in [1.807, 2.05) is 24.3 Å². The predicted molar refractivity (Wildman–Crippen MR) is 78.1 cm³/mol. The van der Waals surface area contributed by atoms with Gasteiger partial charge in [-0.1, -0.05) is 30.8 Å². The minimum Gasteiger partial charge on any atom is -0.494 e. The van der Waals surface area contributed by atoms with E-state index in [9.17, 15) is 9.59 Å². The van der Waals surface area contributed by atoms with Crippen LogP contribution in [0.2, 0.25) is 0 Å². The smallest absolute Gasteiger partial charge is 0.233 e. The Kier molecular flexibility index (Phi) is 7.03. The van der Waals surface area contributed by atoms with Gasteiger partial charge in [-0.2, -0.15) is 0 Å². The molecule has 19 heavy (non-hydrogen) atoms. The Bertz CT molecular complexity index is 406. The summed E-state index contributed by atoms with van der Waals surface area (Å²) in [5, 5.41) is 2.18. The molecule has 1 aromatic carbocycles. The first kappa shape index (κ1) is 15.6. The van der Waals surface area contributed by atoms with Gasteiger partial charge in [-0.25, -0.2) is 0 Å². The third kappa shape index (κ3) is 5.34. The number of amides is 1. The van der Waals surface area contributed by atoms with Crippen molar-refractivity contribution in [2.75, 3.05) is 13.7 Å². The first-order valence-electron chi connectivity index (χ1n) is 6.23. The maximum atomic E-state index is 11.6. The second-order valence-electron chi connectivity index (χ2n) is 4.03. The Morgan fingerprint density at radius 1 is 1.42 bits per heavy atom. The predicted octanol–water partition coefficient (Wildman–Crippen LogP) is 2.06. The van der Waals surface area contributed by atoms with Crippen LogP contribution in [0.25, 0.3) is 0 Å². The van der Waals surface area contributed by atoms with Crippen LogP contribution in [-0.4, -0.2) is 30.4 Å². The molecule has 4 nitrogen and oxygen atoms in total. The van der Waals surface area contributed by atoms with Crippen LogP contribution in [0.3, 0.4) is 0 Å². The zero-order chi connectivity index (χ0) is 14.1. The Morgan fingerprint density at radius 2 is 2.11 bits per heavy atom. The topological polar surface area (TPSA) is 55.4 Å². The van der Waals surface area contributed by atoms with Crippen molar-refractivity contribution in [1.29, 1.82) is 0 Å². The Hall–Kier alpha value is -1.49. The first-order valence-corrected chi connectivity index (χ1v) is 7.18. The number of hydrogen-bond donors (Lipinski definition) is 1. The third-order valence-electron chi connectivity index (χ3n) is 2.58. The van der Waals surface area contributed by atoms with Crippen LogP contribution < -0.4 is 10.1 Å². The number of carbonyl (C=O) groups is 2. The van der Waals surface area contributed by atoms with Crippen molar-refractivity contribution in [1.82, 2.24) is 5.32 Å². The zero-order valence-corrected chi connectivity index (χ0v) is 12.0. The fourth-order valence-corrected chi connectivity index (χ4v) is 2.25. The fourth-order valence-electron chi connectivity index (χ4n) is 1.59. The van der Waals surface area contributed by atoms with Crippen LogP contribution in [0.5, 0.6) is 5.75 Å². The average molecular weight is 281 g/mol. The van der Waals surface area contributed by atoms with Crippen LogP contribution in [0, 0.1) is 0 Å². The second kappa shape index (κ2) is 8.58. The van der Waals surface area contributed by atoms with Gasteiger partial charge in [0.1, 0.15) is 5.75 Å². The molecule has 0 aromatic heterocycles. The molecular formula is C14H19NO3S. The standard InChI is InChI=1S/C14H19NO3S/c1-3-8-18-12-6-4-11(5-7-12)9-13(19-10-16)14(17)15-2/h4-7,10,13H,3,8-9H2,1-2H3,(H,15,17). The van der Waals surface area contributed by atoms with Gasteiger partial charge in [0.2, 0.25) is 5.91 Å². The molecule has 0 bridgehead atoms. The molecule has 0 heterocycles. The molecule has 1 unspecified atom stereocenters. The lowest BCUT2D eigenvalue weighted by atomic mass is 10.1. The van der Waals surface area contributed by atoms with Gasteiger partial charge in [-0.15, -0.1) is 0 Å². The lowest BCUT2D eigenvalue weighted by Gasteiger charge is -2.12. The van der Waals surface area contributed by atoms with E-state index in [0.29, 0.717) is 18.6 Å². The van der Waals surface area contributed by atoms with Gasteiger partial charge in [0.05, 0.1) is 11.9 Å². The molecule has 0 aliphatic carbocycles. The molecule has 0 saturated heterocycles. The summed E-state index contributed by atoms with van der Waals surface area (Å²) in [7, 11) is 1.57. The molecule has 1 N–H and O–H groups in total. The van der Waals surface area contributed by atoms with Gasteiger partial charge < -0.3 is 10.1 Å². The summed E-state index contributed by atoms with van der Waals surface area (Å²) in [5.41, 5.74) is 1.71. The summed E-state index contributed by atoms with van der Waals surface area (Å²) >= 11 is 0.998. The lowest BCUT2D eigenvalue weighted by Crippen LogP contribution is -2.31. The van der Waals surface area contributed by atoms with Gasteiger partial charge in [0.25, 0.3) is 0 Å². The van der Waals surface area contributed by atoms with Crippen molar-refractivity contribution in [3.8, 4) is 5.75 Å². The number of benzene rings is 1. The first-order chi connectivity index (χ1) is 9.21. The maximum absolute atomic E-state index is 11.6. The summed E-state index contributed by atoms with van der Waals surface area (Å²) < 4.78 is 5.49. The number of nitrogens with one attached hydrogen (secondary N) is 1. The van der Waals surface area contributed by atoms with Crippen LogP contribution in [0.4, 0.5) is 0 Å². The van der Waals surface area contributed by atoms with Crippen LogP contribution in [-0.2, 0) is 16.0 Å². The van der Waals surface area contributed by atoms with Crippen LogP contribution >= 0.6 is 11.8 Å². The molecule has 104 valence electrons. The molecular weight excluding hydrogens is 262 g/mol. The molecule has 1 aromatic rings. The molecule has 0 fully saturated rings. The number of rotatable bonds is 8. The van der Waals surface area contributed by atoms with E-state index in [0.717, 1.165) is 29.5 Å². The van der Waals surface area contributed by atoms with Crippen LogP contribution in [0.1, 0.15) is 18.9 Å². The quantitative estimate of drug-likeness (QED) is 0.741. The van der Waals surface area contributed by atoms with E-state index in [1.165, 1.54) is 0 Å². The Balaban J connectivity index is 2.63. The highest BCUT2D eigenvalue weighted by atomic mass is 32.2. The summed E-state index contributed by atoms with van der Waals surface area (Å²) in [5.74, 6) is 0.688. The number of ether oxygens (including phenoxy) is 1. The fraction of sp³-hybridized carbons (Fsp3) is 0.429. The molecule has 5 heteroatoms. The van der Waals surface area contributed by atoms with Gasteiger partial charge in [-0.05, 0) is 30.5 Å². The summed E-state index contributed by atoms with van der Waals surface area (Å²) in [6.07, 6.45) is 1.49. The van der Waals surface area contributed by atoms with Gasteiger partial charge >= 0.3 is 0 Å². The molecule has 0 spiro atoms. The number of thioether (sulfide) groups is 1. The van der Waals surface area contributed by atoms with Crippen molar-refractivity contribution < 1.29 is 14.3 Å². The molecule has 0 aliphatic rings. The van der Waals surface area contributed by atoms with E-state index in [1.54, 1.807) is 7.05 Å². The third-order valence-corrected chi connectivity index (χ3v) is 3.40. The van der Waals surface area contributed by atoms with Crippen molar-refractivity contribution in [2.45, 2.75) is 25.0 Å². The largest absolute Gasteiger partial charge is 0.494 e. The van der Waals surface area contributed by atoms with E-state index in [2.05, 4.69) is 12.2 Å². The highest BCUT2D eigenvalue weighted by Gasteiger charge is 2.17. The molecule has 1 amide bonds. The second-order valence-corrected chi connectivity index (χ2v) is 5.07. The van der Waals surface area contributed by atoms with Gasteiger partial charge in [0, 0.05) is 7.05 Å². The zero-order valence-electron chi connectivity index (χ0n) is 11.2. The minimum atomic E-state index is -0.384.